The highest BCUT2D eigenvalue weighted by molar-refractivity contribution is 5.85. The Morgan fingerprint density at radius 2 is 1.64 bits per heavy atom. The van der Waals surface area contributed by atoms with Gasteiger partial charge < -0.3 is 4.42 Å². The number of para-hydroxylation sites is 2. The minimum absolute atomic E-state index is 0.779. The van der Waals surface area contributed by atoms with Crippen molar-refractivity contribution in [3.8, 4) is 11.6 Å². The molecule has 0 spiro atoms. The van der Waals surface area contributed by atoms with Gasteiger partial charge in [-0.05, 0) is 35.0 Å². The lowest BCUT2D eigenvalue weighted by atomic mass is 10.0. The van der Waals surface area contributed by atoms with Crippen molar-refractivity contribution in [2.45, 2.75) is 6.54 Å². The molecular weight excluding hydrogens is 308 g/mol. The first kappa shape index (κ1) is 14.1. The third kappa shape index (κ3) is 2.32. The Morgan fingerprint density at radius 3 is 2.56 bits per heavy atom. The minimum atomic E-state index is 0.779. The highest BCUT2D eigenvalue weighted by Crippen LogP contribution is 2.22. The smallest absolute Gasteiger partial charge is 0.324 e. The van der Waals surface area contributed by atoms with E-state index in [9.17, 15) is 0 Å². The van der Waals surface area contributed by atoms with Crippen LogP contribution in [0.4, 0.5) is 0 Å². The van der Waals surface area contributed by atoms with Crippen LogP contribution in [0.2, 0.25) is 0 Å². The number of benzene rings is 3. The molecule has 0 fully saturated rings. The first-order chi connectivity index (χ1) is 12.4. The summed E-state index contributed by atoms with van der Waals surface area (Å²) in [5.74, 6) is 1.83. The summed E-state index contributed by atoms with van der Waals surface area (Å²) < 4.78 is 7.95. The molecule has 5 aromatic rings. The van der Waals surface area contributed by atoms with Crippen LogP contribution >= 0.6 is 0 Å². The zero-order chi connectivity index (χ0) is 16.6. The largest absolute Gasteiger partial charge is 0.456 e. The maximum atomic E-state index is 5.66. The van der Waals surface area contributed by atoms with Gasteiger partial charge in [-0.1, -0.05) is 54.6 Å². The topological polar surface area (TPSA) is 32.8 Å². The van der Waals surface area contributed by atoms with Crippen molar-refractivity contribution in [2.75, 3.05) is 0 Å². The van der Waals surface area contributed by atoms with E-state index in [2.05, 4.69) is 70.2 Å². The Bertz CT molecular complexity index is 1160. The van der Waals surface area contributed by atoms with Crippen molar-refractivity contribution in [1.29, 1.82) is 0 Å². The molecule has 120 valence electrons. The summed E-state index contributed by atoms with van der Waals surface area (Å²) in [4.78, 5) is 3.50. The quantitative estimate of drug-likeness (QED) is 0.469. The normalized spacial score (nSPS) is 11.4. The molecule has 0 unspecified atom stereocenters. The Kier molecular flexibility index (Phi) is 3.17. The van der Waals surface area contributed by atoms with Crippen molar-refractivity contribution in [2.24, 2.45) is 0 Å². The Labute approximate surface area is 145 Å². The number of hydrogen-bond acceptors (Lipinski definition) is 1. The van der Waals surface area contributed by atoms with Gasteiger partial charge in [0.25, 0.3) is 0 Å². The number of furan rings is 1. The SMILES string of the molecule is c1coc(-c2[nH]c3ccccc3[n+]2Cc2cccc3ccccc23)c1. The minimum Gasteiger partial charge on any atom is -0.456 e. The van der Waals surface area contributed by atoms with Crippen LogP contribution in [0.1, 0.15) is 5.56 Å². The van der Waals surface area contributed by atoms with E-state index in [1.807, 2.05) is 18.2 Å². The first-order valence-corrected chi connectivity index (χ1v) is 8.41. The summed E-state index contributed by atoms with van der Waals surface area (Å²) in [6.45, 7) is 0.779. The standard InChI is InChI=1S/C22H16N2O/c1-2-10-18-16(7-1)8-5-9-17(18)15-24-20-12-4-3-11-19(20)23-22(24)21-13-6-14-25-21/h1-14H,15H2/p+1. The molecule has 0 radical (unpaired) electrons. The number of nitrogens with zero attached hydrogens (tertiary/aromatic N) is 1. The molecule has 0 aliphatic rings. The van der Waals surface area contributed by atoms with E-state index in [1.165, 1.54) is 21.9 Å². The summed E-state index contributed by atoms with van der Waals surface area (Å²) in [5.41, 5.74) is 3.57. The summed E-state index contributed by atoms with van der Waals surface area (Å²) in [5, 5.41) is 2.55. The molecule has 3 heteroatoms. The fourth-order valence-corrected chi connectivity index (χ4v) is 3.50. The van der Waals surface area contributed by atoms with Crippen LogP contribution in [0, 0.1) is 0 Å². The predicted molar refractivity (Wildman–Crippen MR) is 99.2 cm³/mol. The molecule has 0 aliphatic carbocycles. The number of fused-ring (bicyclic) bond motifs is 2. The molecule has 0 atom stereocenters. The number of aromatic nitrogens is 2. The van der Waals surface area contributed by atoms with Crippen molar-refractivity contribution < 1.29 is 8.98 Å². The lowest BCUT2D eigenvalue weighted by molar-refractivity contribution is -0.651. The lowest BCUT2D eigenvalue weighted by Crippen LogP contribution is -2.35. The van der Waals surface area contributed by atoms with Crippen LogP contribution < -0.4 is 4.57 Å². The zero-order valence-electron chi connectivity index (χ0n) is 13.6. The molecule has 0 amide bonds. The number of aromatic amines is 1. The summed E-state index contributed by atoms with van der Waals surface area (Å²) >= 11 is 0. The third-order valence-corrected chi connectivity index (χ3v) is 4.68. The van der Waals surface area contributed by atoms with Gasteiger partial charge in [-0.3, -0.25) is 0 Å². The van der Waals surface area contributed by atoms with Gasteiger partial charge in [0.1, 0.15) is 6.54 Å². The van der Waals surface area contributed by atoms with Gasteiger partial charge in [0.05, 0.1) is 6.26 Å². The maximum Gasteiger partial charge on any atom is 0.324 e. The van der Waals surface area contributed by atoms with Crippen molar-refractivity contribution in [3.05, 3.63) is 90.7 Å². The molecule has 0 bridgehead atoms. The number of H-pyrrole nitrogens is 1. The molecule has 0 saturated carbocycles. The molecule has 3 aromatic carbocycles. The van der Waals surface area contributed by atoms with Crippen molar-refractivity contribution in [1.82, 2.24) is 4.98 Å². The average molecular weight is 325 g/mol. The molecule has 2 heterocycles. The predicted octanol–water partition coefficient (Wildman–Crippen LogP) is 4.92. The van der Waals surface area contributed by atoms with Gasteiger partial charge in [-0.25, -0.2) is 9.55 Å². The summed E-state index contributed by atoms with van der Waals surface area (Å²) in [6.07, 6.45) is 1.71. The van der Waals surface area contributed by atoms with Crippen LogP contribution in [-0.2, 0) is 6.54 Å². The monoisotopic (exact) mass is 325 g/mol. The van der Waals surface area contributed by atoms with E-state index in [0.717, 1.165) is 23.6 Å². The van der Waals surface area contributed by atoms with E-state index < -0.39 is 0 Å². The molecule has 25 heavy (non-hydrogen) atoms. The van der Waals surface area contributed by atoms with Gasteiger partial charge in [-0.2, -0.15) is 0 Å². The van der Waals surface area contributed by atoms with Gasteiger partial charge in [-0.15, -0.1) is 0 Å². The zero-order valence-corrected chi connectivity index (χ0v) is 13.6. The van der Waals surface area contributed by atoms with Gasteiger partial charge in [0.15, 0.2) is 11.0 Å². The maximum absolute atomic E-state index is 5.66. The van der Waals surface area contributed by atoms with E-state index in [-0.39, 0.29) is 0 Å². The van der Waals surface area contributed by atoms with Crippen LogP contribution in [0.25, 0.3) is 33.4 Å². The van der Waals surface area contributed by atoms with E-state index in [1.54, 1.807) is 6.26 Å². The van der Waals surface area contributed by atoms with Crippen LogP contribution in [0.5, 0.6) is 0 Å². The first-order valence-electron chi connectivity index (χ1n) is 8.41. The highest BCUT2D eigenvalue weighted by atomic mass is 16.3. The van der Waals surface area contributed by atoms with Crippen molar-refractivity contribution >= 4 is 21.8 Å². The number of imidazole rings is 1. The van der Waals surface area contributed by atoms with Gasteiger partial charge >= 0.3 is 5.82 Å². The molecule has 0 aliphatic heterocycles. The summed E-state index contributed by atoms with van der Waals surface area (Å²) in [6, 6.07) is 27.3. The Balaban J connectivity index is 1.73. The van der Waals surface area contributed by atoms with Gasteiger partial charge in [0.2, 0.25) is 5.76 Å². The molecule has 1 N–H and O–H groups in total. The van der Waals surface area contributed by atoms with E-state index in [4.69, 9.17) is 4.42 Å². The second-order valence-electron chi connectivity index (χ2n) is 6.19. The Hall–Kier alpha value is -3.33. The number of hydrogen-bond donors (Lipinski definition) is 1. The molecule has 2 aromatic heterocycles. The third-order valence-electron chi connectivity index (χ3n) is 4.68. The van der Waals surface area contributed by atoms with Gasteiger partial charge in [0, 0.05) is 5.56 Å². The van der Waals surface area contributed by atoms with Crippen LogP contribution in [0.15, 0.2) is 89.5 Å². The Morgan fingerprint density at radius 1 is 0.800 bits per heavy atom. The fourth-order valence-electron chi connectivity index (χ4n) is 3.50. The second-order valence-corrected chi connectivity index (χ2v) is 6.19. The van der Waals surface area contributed by atoms with E-state index >= 15 is 0 Å². The molecule has 5 rings (SSSR count). The molecule has 0 saturated heterocycles. The number of nitrogens with one attached hydrogen (secondary N) is 1. The van der Waals surface area contributed by atoms with Crippen molar-refractivity contribution in [3.63, 3.8) is 0 Å². The number of rotatable bonds is 3. The molecular formula is C22H17N2O+. The summed E-state index contributed by atoms with van der Waals surface area (Å²) in [7, 11) is 0. The van der Waals surface area contributed by atoms with Crippen LogP contribution in [-0.4, -0.2) is 4.98 Å². The van der Waals surface area contributed by atoms with E-state index in [0.29, 0.717) is 0 Å². The average Bonchev–Trinajstić information content (AvgIpc) is 3.30. The van der Waals surface area contributed by atoms with Crippen LogP contribution in [0.3, 0.4) is 0 Å². The lowest BCUT2D eigenvalue weighted by Gasteiger charge is -2.06. The fraction of sp³-hybridized carbons (Fsp3) is 0.0455. The molecule has 3 nitrogen and oxygen atoms in total. The highest BCUT2D eigenvalue weighted by Gasteiger charge is 2.22. The second kappa shape index (κ2) is 5.64.